The van der Waals surface area contributed by atoms with Gasteiger partial charge < -0.3 is 5.21 Å². The maximum Gasteiger partial charge on any atom is 0.101 e. The third kappa shape index (κ3) is 2.69. The molecule has 4 nitrogen and oxygen atoms in total. The SMILES string of the molecule is CCCC/C(=N\O)c1ccc(-n2cnc3ccccc32)s1. The number of benzene rings is 1. The zero-order valence-electron chi connectivity index (χ0n) is 11.9. The van der Waals surface area contributed by atoms with E-state index in [1.54, 1.807) is 11.3 Å². The molecule has 0 saturated heterocycles. The van der Waals surface area contributed by atoms with Crippen LogP contribution < -0.4 is 0 Å². The van der Waals surface area contributed by atoms with Crippen LogP contribution in [0.15, 0.2) is 47.9 Å². The number of aromatic nitrogens is 2. The van der Waals surface area contributed by atoms with Gasteiger partial charge >= 0.3 is 0 Å². The van der Waals surface area contributed by atoms with Crippen LogP contribution >= 0.6 is 11.3 Å². The van der Waals surface area contributed by atoms with Gasteiger partial charge in [0.15, 0.2) is 0 Å². The Labute approximate surface area is 127 Å². The zero-order valence-corrected chi connectivity index (χ0v) is 12.7. The molecule has 1 aromatic carbocycles. The predicted octanol–water partition coefficient (Wildman–Crippen LogP) is 4.46. The molecule has 0 aliphatic carbocycles. The Morgan fingerprint density at radius 1 is 1.29 bits per heavy atom. The molecule has 0 aliphatic heterocycles. The molecule has 0 bridgehead atoms. The van der Waals surface area contributed by atoms with Crippen molar-refractivity contribution in [1.29, 1.82) is 0 Å². The van der Waals surface area contributed by atoms with Gasteiger partial charge in [0.2, 0.25) is 0 Å². The Morgan fingerprint density at radius 3 is 2.95 bits per heavy atom. The van der Waals surface area contributed by atoms with Crippen LogP contribution in [-0.2, 0) is 0 Å². The quantitative estimate of drug-likeness (QED) is 0.430. The number of hydrogen-bond donors (Lipinski definition) is 1. The zero-order chi connectivity index (χ0) is 14.7. The van der Waals surface area contributed by atoms with Crippen molar-refractivity contribution in [2.45, 2.75) is 26.2 Å². The van der Waals surface area contributed by atoms with E-state index in [1.807, 2.05) is 36.7 Å². The largest absolute Gasteiger partial charge is 0.411 e. The molecule has 2 heterocycles. The standard InChI is InChI=1S/C16H17N3OS/c1-2-3-6-13(18-20)15-9-10-16(21-15)19-11-17-12-7-4-5-8-14(12)19/h4-5,7-11,20H,2-3,6H2,1H3/b18-13+. The summed E-state index contributed by atoms with van der Waals surface area (Å²) in [6, 6.07) is 12.1. The number of fused-ring (bicyclic) bond motifs is 1. The van der Waals surface area contributed by atoms with Gasteiger partial charge in [-0.05, 0) is 37.1 Å². The maximum absolute atomic E-state index is 9.19. The summed E-state index contributed by atoms with van der Waals surface area (Å²) in [6.07, 6.45) is 4.75. The van der Waals surface area contributed by atoms with Gasteiger partial charge in [-0.3, -0.25) is 4.57 Å². The van der Waals surface area contributed by atoms with Gasteiger partial charge in [-0.25, -0.2) is 4.98 Å². The normalized spacial score (nSPS) is 12.1. The van der Waals surface area contributed by atoms with Crippen LogP contribution in [0.5, 0.6) is 0 Å². The third-order valence-corrected chi connectivity index (χ3v) is 4.59. The number of imidazole rings is 1. The lowest BCUT2D eigenvalue weighted by Crippen LogP contribution is -1.97. The van der Waals surface area contributed by atoms with Gasteiger partial charge in [-0.15, -0.1) is 11.3 Å². The molecule has 0 radical (unpaired) electrons. The summed E-state index contributed by atoms with van der Waals surface area (Å²) in [5, 5.41) is 13.7. The summed E-state index contributed by atoms with van der Waals surface area (Å²) in [5.74, 6) is 0. The molecule has 1 N–H and O–H groups in total. The minimum absolute atomic E-state index is 0.762. The number of nitrogens with zero attached hydrogens (tertiary/aromatic N) is 3. The average molecular weight is 299 g/mol. The molecule has 0 spiro atoms. The molecule has 0 unspecified atom stereocenters. The van der Waals surface area contributed by atoms with Crippen molar-refractivity contribution < 1.29 is 5.21 Å². The highest BCUT2D eigenvalue weighted by molar-refractivity contribution is 7.16. The smallest absolute Gasteiger partial charge is 0.101 e. The number of rotatable bonds is 5. The van der Waals surface area contributed by atoms with Crippen molar-refractivity contribution in [3.05, 3.63) is 47.6 Å². The molecule has 0 aliphatic rings. The summed E-state index contributed by atoms with van der Waals surface area (Å²) in [7, 11) is 0. The van der Waals surface area contributed by atoms with Gasteiger partial charge in [0, 0.05) is 0 Å². The van der Waals surface area contributed by atoms with Crippen molar-refractivity contribution in [1.82, 2.24) is 9.55 Å². The first-order valence-electron chi connectivity index (χ1n) is 7.07. The summed E-state index contributed by atoms with van der Waals surface area (Å²) in [6.45, 7) is 2.13. The topological polar surface area (TPSA) is 50.4 Å². The fraction of sp³-hybridized carbons (Fsp3) is 0.250. The lowest BCUT2D eigenvalue weighted by Gasteiger charge is -2.01. The predicted molar refractivity (Wildman–Crippen MR) is 86.8 cm³/mol. The van der Waals surface area contributed by atoms with Crippen LogP contribution in [0.4, 0.5) is 0 Å². The Hall–Kier alpha value is -2.14. The molecule has 0 atom stereocenters. The van der Waals surface area contributed by atoms with Crippen LogP contribution in [0.25, 0.3) is 16.0 Å². The number of hydrogen-bond acceptors (Lipinski definition) is 4. The van der Waals surface area contributed by atoms with Crippen molar-refractivity contribution in [2.24, 2.45) is 5.16 Å². The highest BCUT2D eigenvalue weighted by atomic mass is 32.1. The molecular formula is C16H17N3OS. The Kier molecular flexibility index (Phi) is 4.01. The molecule has 5 heteroatoms. The lowest BCUT2D eigenvalue weighted by atomic mass is 10.1. The van der Waals surface area contributed by atoms with Crippen LogP contribution in [0.2, 0.25) is 0 Å². The molecule has 0 saturated carbocycles. The molecule has 3 aromatic rings. The maximum atomic E-state index is 9.19. The van der Waals surface area contributed by atoms with Crippen molar-refractivity contribution in [2.75, 3.05) is 0 Å². The Balaban J connectivity index is 1.94. The molecule has 21 heavy (non-hydrogen) atoms. The summed E-state index contributed by atoms with van der Waals surface area (Å²) < 4.78 is 2.07. The van der Waals surface area contributed by atoms with Gasteiger partial charge in [-0.1, -0.05) is 30.6 Å². The molecule has 3 rings (SSSR count). The summed E-state index contributed by atoms with van der Waals surface area (Å²) in [4.78, 5) is 5.42. The van der Waals surface area contributed by atoms with Crippen LogP contribution in [0.3, 0.4) is 0 Å². The van der Waals surface area contributed by atoms with E-state index < -0.39 is 0 Å². The van der Waals surface area contributed by atoms with E-state index in [4.69, 9.17) is 0 Å². The second-order valence-corrected chi connectivity index (χ2v) is 5.95. The van der Waals surface area contributed by atoms with Crippen LogP contribution in [-0.4, -0.2) is 20.5 Å². The van der Waals surface area contributed by atoms with Gasteiger partial charge in [0.25, 0.3) is 0 Å². The Morgan fingerprint density at radius 2 is 2.14 bits per heavy atom. The number of oxime groups is 1. The summed E-state index contributed by atoms with van der Waals surface area (Å²) >= 11 is 1.62. The second kappa shape index (κ2) is 6.10. The van der Waals surface area contributed by atoms with Gasteiger partial charge in [0.05, 0.1) is 21.6 Å². The van der Waals surface area contributed by atoms with Crippen molar-refractivity contribution in [3.63, 3.8) is 0 Å². The minimum Gasteiger partial charge on any atom is -0.411 e. The number of unbranched alkanes of at least 4 members (excludes halogenated alkanes) is 1. The van der Waals surface area contributed by atoms with E-state index in [2.05, 4.69) is 27.7 Å². The fourth-order valence-electron chi connectivity index (χ4n) is 2.31. The van der Waals surface area contributed by atoms with E-state index in [9.17, 15) is 5.21 Å². The first-order valence-corrected chi connectivity index (χ1v) is 7.88. The monoisotopic (exact) mass is 299 g/mol. The molecular weight excluding hydrogens is 282 g/mol. The Bertz CT molecular complexity index is 773. The number of para-hydroxylation sites is 2. The van der Waals surface area contributed by atoms with E-state index in [0.29, 0.717) is 0 Å². The highest BCUT2D eigenvalue weighted by Crippen LogP contribution is 2.26. The lowest BCUT2D eigenvalue weighted by molar-refractivity contribution is 0.318. The second-order valence-electron chi connectivity index (χ2n) is 4.89. The number of thiophene rings is 1. The van der Waals surface area contributed by atoms with Gasteiger partial charge in [-0.2, -0.15) is 0 Å². The van der Waals surface area contributed by atoms with E-state index in [-0.39, 0.29) is 0 Å². The third-order valence-electron chi connectivity index (χ3n) is 3.46. The average Bonchev–Trinajstić information content (AvgIpc) is 3.14. The van der Waals surface area contributed by atoms with Crippen molar-refractivity contribution in [3.8, 4) is 5.00 Å². The van der Waals surface area contributed by atoms with Crippen molar-refractivity contribution >= 4 is 28.1 Å². The molecule has 2 aromatic heterocycles. The van der Waals surface area contributed by atoms with E-state index in [0.717, 1.165) is 45.9 Å². The first kappa shape index (κ1) is 13.8. The van der Waals surface area contributed by atoms with Gasteiger partial charge in [0.1, 0.15) is 11.3 Å². The van der Waals surface area contributed by atoms with E-state index >= 15 is 0 Å². The summed E-state index contributed by atoms with van der Waals surface area (Å²) in [5.41, 5.74) is 2.83. The molecule has 0 amide bonds. The van der Waals surface area contributed by atoms with E-state index in [1.165, 1.54) is 0 Å². The van der Waals surface area contributed by atoms with Crippen LogP contribution in [0.1, 0.15) is 31.1 Å². The van der Waals surface area contributed by atoms with Crippen LogP contribution in [0, 0.1) is 0 Å². The first-order chi connectivity index (χ1) is 10.3. The highest BCUT2D eigenvalue weighted by Gasteiger charge is 2.10. The molecule has 0 fully saturated rings. The minimum atomic E-state index is 0.762. The molecule has 108 valence electrons. The fourth-order valence-corrected chi connectivity index (χ4v) is 3.32.